The van der Waals surface area contributed by atoms with Crippen molar-refractivity contribution in [1.82, 2.24) is 5.32 Å². The van der Waals surface area contributed by atoms with Gasteiger partial charge in [-0.25, -0.2) is 0 Å². The van der Waals surface area contributed by atoms with Gasteiger partial charge in [0, 0.05) is 0 Å². The van der Waals surface area contributed by atoms with Crippen LogP contribution in [0, 0.1) is 23.2 Å². The van der Waals surface area contributed by atoms with Gasteiger partial charge in [0.25, 0.3) is 0 Å². The third-order valence-electron chi connectivity index (χ3n) is 4.47. The summed E-state index contributed by atoms with van der Waals surface area (Å²) in [6, 6.07) is 0. The molecule has 2 fully saturated rings. The molecule has 2 rings (SSSR count). The molecule has 2 saturated carbocycles. The van der Waals surface area contributed by atoms with Gasteiger partial charge in [-0.1, -0.05) is 20.8 Å². The first kappa shape index (κ1) is 11.4. The maximum absolute atomic E-state index is 3.56. The lowest BCUT2D eigenvalue weighted by Gasteiger charge is -2.41. The average molecular weight is 209 g/mol. The zero-order chi connectivity index (χ0) is 10.9. The van der Waals surface area contributed by atoms with Crippen LogP contribution >= 0.6 is 0 Å². The SMILES string of the molecule is CCNCC1CCC(C)(C)CC1C1CC1. The summed E-state index contributed by atoms with van der Waals surface area (Å²) in [7, 11) is 0. The Morgan fingerprint density at radius 3 is 2.53 bits per heavy atom. The van der Waals surface area contributed by atoms with Crippen molar-refractivity contribution in [1.29, 1.82) is 0 Å². The molecule has 1 nitrogen and oxygen atoms in total. The quantitative estimate of drug-likeness (QED) is 0.748. The van der Waals surface area contributed by atoms with Crippen molar-refractivity contribution >= 4 is 0 Å². The van der Waals surface area contributed by atoms with E-state index in [0.29, 0.717) is 5.41 Å². The minimum atomic E-state index is 0.621. The normalized spacial score (nSPS) is 35.4. The fourth-order valence-corrected chi connectivity index (χ4v) is 3.36. The summed E-state index contributed by atoms with van der Waals surface area (Å²) in [5.41, 5.74) is 0.621. The summed E-state index contributed by atoms with van der Waals surface area (Å²) >= 11 is 0. The van der Waals surface area contributed by atoms with Gasteiger partial charge in [-0.3, -0.25) is 0 Å². The second-order valence-corrected chi connectivity index (χ2v) is 6.48. The van der Waals surface area contributed by atoms with E-state index in [1.54, 1.807) is 0 Å². The number of nitrogens with one attached hydrogen (secondary N) is 1. The van der Waals surface area contributed by atoms with Gasteiger partial charge in [-0.15, -0.1) is 0 Å². The molecule has 0 aromatic carbocycles. The monoisotopic (exact) mass is 209 g/mol. The molecule has 15 heavy (non-hydrogen) atoms. The van der Waals surface area contributed by atoms with Crippen molar-refractivity contribution in [2.75, 3.05) is 13.1 Å². The molecule has 0 saturated heterocycles. The van der Waals surface area contributed by atoms with Crippen molar-refractivity contribution in [2.45, 2.75) is 52.9 Å². The Labute approximate surface area is 95.0 Å². The molecule has 2 aliphatic rings. The minimum Gasteiger partial charge on any atom is -0.317 e. The van der Waals surface area contributed by atoms with Crippen LogP contribution in [-0.2, 0) is 0 Å². The largest absolute Gasteiger partial charge is 0.317 e. The molecule has 0 aliphatic heterocycles. The molecule has 0 radical (unpaired) electrons. The third-order valence-corrected chi connectivity index (χ3v) is 4.47. The van der Waals surface area contributed by atoms with Crippen LogP contribution < -0.4 is 5.32 Å². The first-order valence-electron chi connectivity index (χ1n) is 6.83. The number of hydrogen-bond acceptors (Lipinski definition) is 1. The van der Waals surface area contributed by atoms with Gasteiger partial charge >= 0.3 is 0 Å². The highest BCUT2D eigenvalue weighted by Gasteiger charge is 2.42. The molecule has 0 heterocycles. The molecule has 0 amide bonds. The van der Waals surface area contributed by atoms with Crippen LogP contribution in [0.25, 0.3) is 0 Å². The van der Waals surface area contributed by atoms with Crippen LogP contribution in [0.4, 0.5) is 0 Å². The van der Waals surface area contributed by atoms with Gasteiger partial charge < -0.3 is 5.32 Å². The van der Waals surface area contributed by atoms with Crippen molar-refractivity contribution in [2.24, 2.45) is 23.2 Å². The summed E-state index contributed by atoms with van der Waals surface area (Å²) in [6.07, 6.45) is 7.41. The summed E-state index contributed by atoms with van der Waals surface area (Å²) in [5, 5.41) is 3.56. The second-order valence-electron chi connectivity index (χ2n) is 6.48. The van der Waals surface area contributed by atoms with Gasteiger partial charge in [-0.2, -0.15) is 0 Å². The predicted molar refractivity (Wildman–Crippen MR) is 65.9 cm³/mol. The summed E-state index contributed by atoms with van der Waals surface area (Å²) in [4.78, 5) is 0. The molecular weight excluding hydrogens is 182 g/mol. The van der Waals surface area contributed by atoms with Crippen molar-refractivity contribution in [3.63, 3.8) is 0 Å². The molecule has 0 bridgehead atoms. The second kappa shape index (κ2) is 4.45. The summed E-state index contributed by atoms with van der Waals surface area (Å²) < 4.78 is 0. The lowest BCUT2D eigenvalue weighted by atomic mass is 9.65. The van der Waals surface area contributed by atoms with Crippen molar-refractivity contribution in [3.05, 3.63) is 0 Å². The molecular formula is C14H27N. The van der Waals surface area contributed by atoms with E-state index in [0.717, 1.165) is 24.3 Å². The highest BCUT2D eigenvalue weighted by atomic mass is 14.8. The average Bonchev–Trinajstić information content (AvgIpc) is 2.98. The Bertz CT molecular complexity index is 205. The van der Waals surface area contributed by atoms with Crippen LogP contribution in [0.15, 0.2) is 0 Å². The van der Waals surface area contributed by atoms with E-state index in [1.165, 1.54) is 38.6 Å². The van der Waals surface area contributed by atoms with Gasteiger partial charge in [0.05, 0.1) is 0 Å². The Kier molecular flexibility index (Phi) is 3.39. The smallest absolute Gasteiger partial charge is 0.00179 e. The Hall–Kier alpha value is -0.0400. The van der Waals surface area contributed by atoms with Gasteiger partial charge in [-0.05, 0) is 68.4 Å². The van der Waals surface area contributed by atoms with Gasteiger partial charge in [0.1, 0.15) is 0 Å². The van der Waals surface area contributed by atoms with Crippen LogP contribution in [0.2, 0.25) is 0 Å². The first-order valence-corrected chi connectivity index (χ1v) is 6.83. The van der Waals surface area contributed by atoms with E-state index in [1.807, 2.05) is 0 Å². The Morgan fingerprint density at radius 1 is 1.20 bits per heavy atom. The number of rotatable bonds is 4. The summed E-state index contributed by atoms with van der Waals surface area (Å²) in [5.74, 6) is 3.10. The van der Waals surface area contributed by atoms with E-state index < -0.39 is 0 Å². The molecule has 1 heteroatoms. The highest BCUT2D eigenvalue weighted by molar-refractivity contribution is 4.93. The van der Waals surface area contributed by atoms with E-state index in [-0.39, 0.29) is 0 Å². The highest BCUT2D eigenvalue weighted by Crippen LogP contribution is 2.51. The zero-order valence-electron chi connectivity index (χ0n) is 10.7. The van der Waals surface area contributed by atoms with Crippen LogP contribution in [0.3, 0.4) is 0 Å². The summed E-state index contributed by atoms with van der Waals surface area (Å²) in [6.45, 7) is 9.56. The van der Waals surface area contributed by atoms with Crippen LogP contribution in [-0.4, -0.2) is 13.1 Å². The minimum absolute atomic E-state index is 0.621. The molecule has 0 aromatic heterocycles. The van der Waals surface area contributed by atoms with E-state index in [4.69, 9.17) is 0 Å². The van der Waals surface area contributed by atoms with Crippen LogP contribution in [0.1, 0.15) is 52.9 Å². The lowest BCUT2D eigenvalue weighted by molar-refractivity contribution is 0.101. The number of hydrogen-bond donors (Lipinski definition) is 1. The van der Waals surface area contributed by atoms with Gasteiger partial charge in [0.15, 0.2) is 0 Å². The standard InChI is InChI=1S/C14H27N/c1-4-15-10-12-7-8-14(2,3)9-13(12)11-5-6-11/h11-13,15H,4-10H2,1-3H3. The molecule has 0 spiro atoms. The zero-order valence-corrected chi connectivity index (χ0v) is 10.7. The van der Waals surface area contributed by atoms with E-state index in [9.17, 15) is 0 Å². The lowest BCUT2D eigenvalue weighted by Crippen LogP contribution is -2.36. The first-order chi connectivity index (χ1) is 7.12. The molecule has 0 aromatic rings. The molecule has 1 N–H and O–H groups in total. The molecule has 2 aliphatic carbocycles. The van der Waals surface area contributed by atoms with Crippen molar-refractivity contribution < 1.29 is 0 Å². The Balaban J connectivity index is 1.91. The molecule has 2 unspecified atom stereocenters. The molecule has 2 atom stereocenters. The van der Waals surface area contributed by atoms with E-state index in [2.05, 4.69) is 26.1 Å². The Morgan fingerprint density at radius 2 is 1.93 bits per heavy atom. The van der Waals surface area contributed by atoms with Crippen molar-refractivity contribution in [3.8, 4) is 0 Å². The fraction of sp³-hybridized carbons (Fsp3) is 1.00. The van der Waals surface area contributed by atoms with E-state index >= 15 is 0 Å². The predicted octanol–water partition coefficient (Wildman–Crippen LogP) is 3.45. The third kappa shape index (κ3) is 2.96. The topological polar surface area (TPSA) is 12.0 Å². The maximum atomic E-state index is 3.56. The fourth-order valence-electron chi connectivity index (χ4n) is 3.36. The van der Waals surface area contributed by atoms with Gasteiger partial charge in [0.2, 0.25) is 0 Å². The maximum Gasteiger partial charge on any atom is -0.00179 e. The van der Waals surface area contributed by atoms with Crippen LogP contribution in [0.5, 0.6) is 0 Å². The molecule has 88 valence electrons.